The van der Waals surface area contributed by atoms with Gasteiger partial charge in [0.25, 0.3) is 0 Å². The van der Waals surface area contributed by atoms with Crippen LogP contribution in [-0.2, 0) is 28.7 Å². The van der Waals surface area contributed by atoms with Gasteiger partial charge in [0.05, 0.1) is 7.11 Å². The van der Waals surface area contributed by atoms with Crippen LogP contribution in [0.25, 0.3) is 0 Å². The van der Waals surface area contributed by atoms with Crippen LogP contribution in [0.4, 0.5) is 4.79 Å². The van der Waals surface area contributed by atoms with E-state index in [1.165, 1.54) is 12.0 Å². The van der Waals surface area contributed by atoms with Gasteiger partial charge < -0.3 is 30.7 Å². The van der Waals surface area contributed by atoms with Crippen molar-refractivity contribution < 1.29 is 33.4 Å². The summed E-state index contributed by atoms with van der Waals surface area (Å²) < 4.78 is 9.94. The summed E-state index contributed by atoms with van der Waals surface area (Å²) in [6, 6.07) is 4.15. The Hall–Kier alpha value is -4.07. The molecule has 11 nitrogen and oxygen atoms in total. The minimum atomic E-state index is -1.25. The standard InChI is InChI=1S/C28H40N4O7/c1-7-9-12-17-32(26(36)21(15-16-22(29)33)31-27(37)39-28(3,4)5)24(25(35)30-18-23(34)38-6)20-14-11-10-13-19(20)8-2/h2,10-11,13-14,21,24H,7,9,12,15-18H2,1,3-6H3,(H2,29,33)(H,30,35)(H,31,37). The van der Waals surface area contributed by atoms with Gasteiger partial charge in [0, 0.05) is 18.5 Å². The summed E-state index contributed by atoms with van der Waals surface area (Å²) in [6.07, 6.45) is 6.65. The third kappa shape index (κ3) is 11.5. The van der Waals surface area contributed by atoms with E-state index in [9.17, 15) is 24.0 Å². The molecule has 0 aliphatic carbocycles. The molecule has 11 heteroatoms. The second-order valence-electron chi connectivity index (χ2n) is 9.87. The zero-order chi connectivity index (χ0) is 29.6. The number of carbonyl (C=O) groups is 5. The van der Waals surface area contributed by atoms with E-state index in [4.69, 9.17) is 16.9 Å². The van der Waals surface area contributed by atoms with Crippen LogP contribution in [0.3, 0.4) is 0 Å². The Morgan fingerprint density at radius 1 is 1.13 bits per heavy atom. The fourth-order valence-electron chi connectivity index (χ4n) is 3.74. The molecule has 4 amide bonds. The van der Waals surface area contributed by atoms with E-state index < -0.39 is 54.0 Å². The van der Waals surface area contributed by atoms with Crippen LogP contribution in [0.2, 0.25) is 0 Å². The maximum atomic E-state index is 14.0. The topological polar surface area (TPSA) is 157 Å². The lowest BCUT2D eigenvalue weighted by Gasteiger charge is -2.35. The van der Waals surface area contributed by atoms with Gasteiger partial charge in [-0.1, -0.05) is 43.9 Å². The monoisotopic (exact) mass is 544 g/mol. The number of esters is 1. The number of alkyl carbamates (subject to hydrolysis) is 1. The van der Waals surface area contributed by atoms with Crippen LogP contribution in [0, 0.1) is 12.3 Å². The Labute approximate surface area is 230 Å². The zero-order valence-corrected chi connectivity index (χ0v) is 23.4. The molecule has 0 radical (unpaired) electrons. The molecule has 214 valence electrons. The molecular formula is C28H40N4O7. The Morgan fingerprint density at radius 3 is 2.36 bits per heavy atom. The SMILES string of the molecule is C#Cc1ccccc1C(C(=O)NCC(=O)OC)N(CCCCC)C(=O)C(CCC(N)=O)NC(=O)OC(C)(C)C. The van der Waals surface area contributed by atoms with E-state index >= 15 is 0 Å². The van der Waals surface area contributed by atoms with E-state index in [0.717, 1.165) is 12.8 Å². The molecule has 1 aromatic rings. The number of unbranched alkanes of at least 4 members (excludes halogenated alkanes) is 2. The predicted octanol–water partition coefficient (Wildman–Crippen LogP) is 2.18. The molecule has 4 N–H and O–H groups in total. The first-order valence-corrected chi connectivity index (χ1v) is 12.8. The minimum Gasteiger partial charge on any atom is -0.468 e. The first-order chi connectivity index (χ1) is 18.3. The van der Waals surface area contributed by atoms with Crippen molar-refractivity contribution in [3.05, 3.63) is 35.4 Å². The smallest absolute Gasteiger partial charge is 0.408 e. The lowest BCUT2D eigenvalue weighted by atomic mass is 9.96. The average Bonchev–Trinajstić information content (AvgIpc) is 2.87. The van der Waals surface area contributed by atoms with E-state index in [1.807, 2.05) is 6.92 Å². The average molecular weight is 545 g/mol. The number of nitrogens with one attached hydrogen (secondary N) is 2. The first-order valence-electron chi connectivity index (χ1n) is 12.8. The second kappa shape index (κ2) is 16.0. The van der Waals surface area contributed by atoms with Crippen LogP contribution < -0.4 is 16.4 Å². The van der Waals surface area contributed by atoms with Crippen LogP contribution in [0.1, 0.15) is 77.0 Å². The number of carbonyl (C=O) groups excluding carboxylic acids is 5. The number of methoxy groups -OCH3 is 1. The largest absolute Gasteiger partial charge is 0.468 e. The van der Waals surface area contributed by atoms with Gasteiger partial charge in [-0.3, -0.25) is 19.2 Å². The fourth-order valence-corrected chi connectivity index (χ4v) is 3.74. The number of nitrogens with zero attached hydrogens (tertiary/aromatic N) is 1. The van der Waals surface area contributed by atoms with Gasteiger partial charge in [0.15, 0.2) is 0 Å². The highest BCUT2D eigenvalue weighted by molar-refractivity contribution is 5.93. The number of hydrogen-bond acceptors (Lipinski definition) is 7. The van der Waals surface area contributed by atoms with Gasteiger partial charge in [-0.15, -0.1) is 6.42 Å². The Balaban J connectivity index is 3.59. The maximum Gasteiger partial charge on any atom is 0.408 e. The summed E-state index contributed by atoms with van der Waals surface area (Å²) >= 11 is 0. The van der Waals surface area contributed by atoms with Crippen molar-refractivity contribution in [1.29, 1.82) is 0 Å². The molecule has 1 aromatic carbocycles. The number of benzene rings is 1. The number of rotatable bonds is 14. The summed E-state index contributed by atoms with van der Waals surface area (Å²) in [5, 5.41) is 5.03. The molecule has 0 saturated heterocycles. The molecule has 2 atom stereocenters. The molecule has 0 spiro atoms. The van der Waals surface area contributed by atoms with Crippen LogP contribution in [0.15, 0.2) is 24.3 Å². The Bertz CT molecular complexity index is 1060. The lowest BCUT2D eigenvalue weighted by Crippen LogP contribution is -2.53. The van der Waals surface area contributed by atoms with E-state index in [0.29, 0.717) is 17.5 Å². The number of primary amides is 1. The van der Waals surface area contributed by atoms with Gasteiger partial charge in [0.2, 0.25) is 17.7 Å². The molecule has 0 aliphatic heterocycles. The number of nitrogens with two attached hydrogens (primary N) is 1. The van der Waals surface area contributed by atoms with Crippen molar-refractivity contribution in [1.82, 2.24) is 15.5 Å². The molecular weight excluding hydrogens is 504 g/mol. The maximum absolute atomic E-state index is 14.0. The normalized spacial score (nSPS) is 12.3. The highest BCUT2D eigenvalue weighted by atomic mass is 16.6. The molecule has 2 unspecified atom stereocenters. The fraction of sp³-hybridized carbons (Fsp3) is 0.536. The van der Waals surface area contributed by atoms with Gasteiger partial charge in [-0.05, 0) is 45.2 Å². The van der Waals surface area contributed by atoms with E-state index in [2.05, 4.69) is 21.3 Å². The lowest BCUT2D eigenvalue weighted by molar-refractivity contribution is -0.145. The van der Waals surface area contributed by atoms with Crippen molar-refractivity contribution >= 4 is 29.8 Å². The summed E-state index contributed by atoms with van der Waals surface area (Å²) in [5.74, 6) is -0.113. The first kappa shape index (κ1) is 33.0. The molecule has 0 aliphatic rings. The number of amides is 4. The second-order valence-corrected chi connectivity index (χ2v) is 9.87. The van der Waals surface area contributed by atoms with Gasteiger partial charge in [0.1, 0.15) is 24.2 Å². The Kier molecular flexibility index (Phi) is 13.5. The minimum absolute atomic E-state index is 0.120. The number of ether oxygens (including phenoxy) is 2. The van der Waals surface area contributed by atoms with Crippen LogP contribution in [0.5, 0.6) is 0 Å². The number of hydrogen-bond donors (Lipinski definition) is 3. The predicted molar refractivity (Wildman–Crippen MR) is 145 cm³/mol. The quantitative estimate of drug-likeness (QED) is 0.184. The van der Waals surface area contributed by atoms with Gasteiger partial charge in [-0.2, -0.15) is 0 Å². The van der Waals surface area contributed by atoms with Crippen molar-refractivity contribution in [3.8, 4) is 12.3 Å². The summed E-state index contributed by atoms with van der Waals surface area (Å²) in [7, 11) is 1.19. The van der Waals surface area contributed by atoms with Gasteiger partial charge >= 0.3 is 12.1 Å². The molecule has 0 heterocycles. The molecule has 0 aromatic heterocycles. The third-order valence-electron chi connectivity index (χ3n) is 5.56. The molecule has 0 fully saturated rings. The number of terminal acetylenes is 1. The zero-order valence-electron chi connectivity index (χ0n) is 23.4. The summed E-state index contributed by atoms with van der Waals surface area (Å²) in [4.78, 5) is 64.8. The van der Waals surface area contributed by atoms with E-state index in [-0.39, 0.29) is 19.4 Å². The summed E-state index contributed by atoms with van der Waals surface area (Å²) in [5.41, 5.74) is 5.22. The van der Waals surface area contributed by atoms with Crippen LogP contribution in [-0.4, -0.2) is 66.5 Å². The molecule has 0 saturated carbocycles. The molecule has 39 heavy (non-hydrogen) atoms. The molecule has 0 bridgehead atoms. The van der Waals surface area contributed by atoms with Crippen molar-refractivity contribution in [2.45, 2.75) is 77.5 Å². The van der Waals surface area contributed by atoms with Gasteiger partial charge in [-0.25, -0.2) is 4.79 Å². The molecule has 1 rings (SSSR count). The van der Waals surface area contributed by atoms with Crippen molar-refractivity contribution in [2.75, 3.05) is 20.2 Å². The highest BCUT2D eigenvalue weighted by Gasteiger charge is 2.37. The Morgan fingerprint density at radius 2 is 1.79 bits per heavy atom. The third-order valence-corrected chi connectivity index (χ3v) is 5.56. The van der Waals surface area contributed by atoms with Crippen molar-refractivity contribution in [3.63, 3.8) is 0 Å². The van der Waals surface area contributed by atoms with Crippen LogP contribution >= 0.6 is 0 Å². The van der Waals surface area contributed by atoms with E-state index in [1.54, 1.807) is 45.0 Å². The highest BCUT2D eigenvalue weighted by Crippen LogP contribution is 2.27. The summed E-state index contributed by atoms with van der Waals surface area (Å²) in [6.45, 7) is 6.69. The van der Waals surface area contributed by atoms with Crippen molar-refractivity contribution in [2.24, 2.45) is 5.73 Å².